The van der Waals surface area contributed by atoms with E-state index >= 15 is 0 Å². The Bertz CT molecular complexity index is 1140. The molecule has 4 rings (SSSR count). The minimum Gasteiger partial charge on any atom is -0.476 e. The van der Waals surface area contributed by atoms with Crippen molar-refractivity contribution in [1.29, 1.82) is 0 Å². The predicted molar refractivity (Wildman–Crippen MR) is 116 cm³/mol. The number of nitrogens with zero attached hydrogens (tertiary/aromatic N) is 3. The number of alkyl halides is 3. The Morgan fingerprint density at radius 3 is 2.50 bits per heavy atom. The van der Waals surface area contributed by atoms with Gasteiger partial charge in [0.25, 0.3) is 11.8 Å². The molecular formula is C23H25F3N4O4. The highest BCUT2D eigenvalue weighted by molar-refractivity contribution is 6.06. The molecule has 0 radical (unpaired) electrons. The summed E-state index contributed by atoms with van der Waals surface area (Å²) in [6.07, 6.45) is -2.46. The van der Waals surface area contributed by atoms with Crippen molar-refractivity contribution in [2.75, 3.05) is 11.4 Å². The van der Waals surface area contributed by atoms with Gasteiger partial charge >= 0.3 is 12.1 Å². The largest absolute Gasteiger partial charge is 0.476 e. The van der Waals surface area contributed by atoms with E-state index in [1.807, 2.05) is 6.92 Å². The number of rotatable bonds is 7. The number of aromatic carboxylic acids is 1. The number of carboxylic acid groups (broad SMARTS) is 1. The van der Waals surface area contributed by atoms with Gasteiger partial charge < -0.3 is 10.4 Å². The Hall–Kier alpha value is -3.37. The average molecular weight is 478 g/mol. The summed E-state index contributed by atoms with van der Waals surface area (Å²) >= 11 is 0. The van der Waals surface area contributed by atoms with Gasteiger partial charge in [-0.15, -0.1) is 0 Å². The van der Waals surface area contributed by atoms with E-state index in [0.29, 0.717) is 24.3 Å². The Morgan fingerprint density at radius 1 is 1.24 bits per heavy atom. The number of benzene rings is 1. The maximum atomic E-state index is 13.5. The van der Waals surface area contributed by atoms with Gasteiger partial charge in [-0.25, -0.2) is 9.48 Å². The lowest BCUT2D eigenvalue weighted by molar-refractivity contribution is -0.137. The summed E-state index contributed by atoms with van der Waals surface area (Å²) in [6.45, 7) is 4.27. The van der Waals surface area contributed by atoms with Crippen LogP contribution in [0.5, 0.6) is 0 Å². The lowest BCUT2D eigenvalue weighted by Gasteiger charge is -2.38. The molecule has 1 aliphatic heterocycles. The molecule has 1 saturated carbocycles. The molecule has 2 atom stereocenters. The van der Waals surface area contributed by atoms with Gasteiger partial charge in [0.1, 0.15) is 11.9 Å². The van der Waals surface area contributed by atoms with E-state index in [-0.39, 0.29) is 23.7 Å². The number of carboxylic acids is 1. The average Bonchev–Trinajstić information content (AvgIpc) is 3.55. The number of fused-ring (bicyclic) bond motifs is 1. The number of nitrogens with one attached hydrogen (secondary N) is 1. The monoisotopic (exact) mass is 478 g/mol. The third kappa shape index (κ3) is 4.14. The van der Waals surface area contributed by atoms with Gasteiger partial charge in [0.2, 0.25) is 0 Å². The second-order valence-corrected chi connectivity index (χ2v) is 8.59. The zero-order valence-electron chi connectivity index (χ0n) is 18.7. The van der Waals surface area contributed by atoms with Crippen LogP contribution in [0.3, 0.4) is 0 Å². The Kier molecular flexibility index (Phi) is 6.13. The fourth-order valence-corrected chi connectivity index (χ4v) is 4.66. The molecule has 2 amide bonds. The summed E-state index contributed by atoms with van der Waals surface area (Å²) in [5.41, 5.74) is -0.963. The van der Waals surface area contributed by atoms with Crippen LogP contribution in [0.1, 0.15) is 71.0 Å². The number of likely N-dealkylation sites (N-methyl/N-ethyl adjacent to an activating group) is 1. The summed E-state index contributed by atoms with van der Waals surface area (Å²) in [5, 5.41) is 16.7. The summed E-state index contributed by atoms with van der Waals surface area (Å²) in [5.74, 6) is -2.73. The minimum atomic E-state index is -4.62. The van der Waals surface area contributed by atoms with Crippen molar-refractivity contribution in [2.24, 2.45) is 5.92 Å². The molecule has 1 aliphatic carbocycles. The second kappa shape index (κ2) is 8.77. The van der Waals surface area contributed by atoms with Gasteiger partial charge in [-0.05, 0) is 50.3 Å². The molecule has 2 aromatic rings. The fraction of sp³-hybridized carbons (Fsp3) is 0.478. The standard InChI is InChI=1S/C23H25F3N4O4/c1-3-10-30-20-16(18(28-30)22(33)34)15(12-8-9-12)17(21(32)29(20)4-2)27-19(31)13-6-5-7-14(11-13)23(24,25)26/h5-7,11-12,15,17H,3-4,8-10H2,1-2H3,(H,27,31)(H,33,34)/t15-,17-/m0/s1. The molecular weight excluding hydrogens is 453 g/mol. The summed E-state index contributed by atoms with van der Waals surface area (Å²) < 4.78 is 40.9. The number of halogens is 3. The van der Waals surface area contributed by atoms with Crippen molar-refractivity contribution in [3.63, 3.8) is 0 Å². The molecule has 0 spiro atoms. The molecule has 11 heteroatoms. The van der Waals surface area contributed by atoms with Crippen LogP contribution in [0.4, 0.5) is 19.0 Å². The summed E-state index contributed by atoms with van der Waals surface area (Å²) in [6, 6.07) is 2.86. The minimum absolute atomic E-state index is 0.0362. The van der Waals surface area contributed by atoms with Crippen molar-refractivity contribution < 1.29 is 32.7 Å². The molecule has 1 fully saturated rings. The highest BCUT2D eigenvalue weighted by Gasteiger charge is 2.51. The lowest BCUT2D eigenvalue weighted by Crippen LogP contribution is -2.56. The van der Waals surface area contributed by atoms with E-state index < -0.39 is 41.5 Å². The van der Waals surface area contributed by atoms with Gasteiger partial charge in [0.15, 0.2) is 5.69 Å². The maximum absolute atomic E-state index is 13.5. The number of carbonyl (C=O) groups is 3. The van der Waals surface area contributed by atoms with Crippen LogP contribution in [-0.4, -0.2) is 45.3 Å². The number of hydrogen-bond donors (Lipinski definition) is 2. The molecule has 1 aromatic heterocycles. The zero-order chi connectivity index (χ0) is 24.8. The number of anilines is 1. The van der Waals surface area contributed by atoms with E-state index in [2.05, 4.69) is 10.4 Å². The number of amides is 2. The first-order chi connectivity index (χ1) is 16.1. The molecule has 1 aromatic carbocycles. The molecule has 0 unspecified atom stereocenters. The predicted octanol–water partition coefficient (Wildman–Crippen LogP) is 3.67. The van der Waals surface area contributed by atoms with Crippen LogP contribution in [-0.2, 0) is 17.5 Å². The normalized spacial score (nSPS) is 20.3. The third-order valence-corrected chi connectivity index (χ3v) is 6.26. The smallest absolute Gasteiger partial charge is 0.416 e. The first kappa shape index (κ1) is 23.8. The van der Waals surface area contributed by atoms with Crippen molar-refractivity contribution >= 4 is 23.6 Å². The molecule has 2 heterocycles. The first-order valence-electron chi connectivity index (χ1n) is 11.2. The summed E-state index contributed by atoms with van der Waals surface area (Å²) in [7, 11) is 0. The van der Waals surface area contributed by atoms with Gasteiger partial charge in [-0.1, -0.05) is 13.0 Å². The topological polar surface area (TPSA) is 105 Å². The van der Waals surface area contributed by atoms with Gasteiger partial charge in [0.05, 0.1) is 5.56 Å². The van der Waals surface area contributed by atoms with Gasteiger partial charge in [0, 0.05) is 30.1 Å². The first-order valence-corrected chi connectivity index (χ1v) is 11.2. The number of aryl methyl sites for hydroxylation is 1. The van der Waals surface area contributed by atoms with Crippen LogP contribution in [0.25, 0.3) is 0 Å². The van der Waals surface area contributed by atoms with E-state index in [4.69, 9.17) is 0 Å². The van der Waals surface area contributed by atoms with E-state index in [1.54, 1.807) is 6.92 Å². The number of hydrogen-bond acceptors (Lipinski definition) is 4. The van der Waals surface area contributed by atoms with E-state index in [1.165, 1.54) is 15.6 Å². The summed E-state index contributed by atoms with van der Waals surface area (Å²) in [4.78, 5) is 40.0. The zero-order valence-corrected chi connectivity index (χ0v) is 18.7. The van der Waals surface area contributed by atoms with Gasteiger partial charge in [-0.3, -0.25) is 14.5 Å². The van der Waals surface area contributed by atoms with E-state index in [9.17, 15) is 32.7 Å². The molecule has 2 aliphatic rings. The Labute approximate surface area is 193 Å². The second-order valence-electron chi connectivity index (χ2n) is 8.59. The molecule has 182 valence electrons. The van der Waals surface area contributed by atoms with Crippen molar-refractivity contribution in [2.45, 2.75) is 57.8 Å². The van der Waals surface area contributed by atoms with Crippen molar-refractivity contribution in [3.05, 3.63) is 46.6 Å². The van der Waals surface area contributed by atoms with Crippen LogP contribution in [0.2, 0.25) is 0 Å². The van der Waals surface area contributed by atoms with Crippen LogP contribution in [0.15, 0.2) is 24.3 Å². The van der Waals surface area contributed by atoms with Crippen LogP contribution in [0, 0.1) is 5.92 Å². The SMILES string of the molecule is CCCn1nc(C(=O)O)c2c1N(CC)C(=O)[C@@H](NC(=O)c1cccc(C(F)(F)F)c1)[C@H]2C1CC1. The van der Waals surface area contributed by atoms with E-state index in [0.717, 1.165) is 31.0 Å². The van der Waals surface area contributed by atoms with Gasteiger partial charge in [-0.2, -0.15) is 18.3 Å². The molecule has 34 heavy (non-hydrogen) atoms. The van der Waals surface area contributed by atoms with Crippen molar-refractivity contribution in [1.82, 2.24) is 15.1 Å². The molecule has 0 saturated heterocycles. The molecule has 8 nitrogen and oxygen atoms in total. The number of aromatic nitrogens is 2. The third-order valence-electron chi connectivity index (χ3n) is 6.26. The van der Waals surface area contributed by atoms with Crippen molar-refractivity contribution in [3.8, 4) is 0 Å². The number of carbonyl (C=O) groups excluding carboxylic acids is 2. The molecule has 0 bridgehead atoms. The Morgan fingerprint density at radius 2 is 1.94 bits per heavy atom. The maximum Gasteiger partial charge on any atom is 0.416 e. The quantitative estimate of drug-likeness (QED) is 0.632. The Balaban J connectivity index is 1.77. The molecule has 2 N–H and O–H groups in total. The van der Waals surface area contributed by atoms with Crippen LogP contribution >= 0.6 is 0 Å². The highest BCUT2D eigenvalue weighted by atomic mass is 19.4. The highest BCUT2D eigenvalue weighted by Crippen LogP contribution is 2.51. The lowest BCUT2D eigenvalue weighted by atomic mass is 9.82. The van der Waals surface area contributed by atoms with Crippen LogP contribution < -0.4 is 10.2 Å². The fourth-order valence-electron chi connectivity index (χ4n) is 4.66.